The molecular weight excluding hydrogens is 378 g/mol. The second kappa shape index (κ2) is 8.78. The van der Waals surface area contributed by atoms with E-state index >= 15 is 0 Å². The number of nitrogens with one attached hydrogen (secondary N) is 2. The number of fused-ring (bicyclic) bond motifs is 1. The average molecular weight is 412 g/mol. The Bertz CT molecular complexity index is 913. The number of nitrogens with zero attached hydrogens (tertiary/aromatic N) is 3. The monoisotopic (exact) mass is 411 g/mol. The molecular formula is C23H33N5O2. The van der Waals surface area contributed by atoms with E-state index in [0.717, 1.165) is 32.4 Å². The fourth-order valence-corrected chi connectivity index (χ4v) is 5.07. The highest BCUT2D eigenvalue weighted by Crippen LogP contribution is 2.28. The van der Waals surface area contributed by atoms with E-state index in [9.17, 15) is 9.59 Å². The van der Waals surface area contributed by atoms with E-state index in [2.05, 4.69) is 46.9 Å². The number of aryl methyl sites for hydroxylation is 2. The molecule has 4 rings (SSSR count). The second-order valence-electron chi connectivity index (χ2n) is 8.89. The van der Waals surface area contributed by atoms with Gasteiger partial charge in [-0.25, -0.2) is 0 Å². The minimum Gasteiger partial charge on any atom is -0.350 e. The fourth-order valence-electron chi connectivity index (χ4n) is 5.07. The molecule has 0 radical (unpaired) electrons. The van der Waals surface area contributed by atoms with Crippen molar-refractivity contribution in [1.29, 1.82) is 0 Å². The summed E-state index contributed by atoms with van der Waals surface area (Å²) in [6.45, 7) is 2.23. The SMILES string of the molecule is CN(C)C(=O)C1CNNC1C1CCN(C(=O)CCc2cn(C)c3ccccc23)CC1. The molecule has 2 fully saturated rings. The van der Waals surface area contributed by atoms with Crippen LogP contribution in [0.15, 0.2) is 30.5 Å². The summed E-state index contributed by atoms with van der Waals surface area (Å²) in [7, 11) is 5.68. The van der Waals surface area contributed by atoms with Crippen LogP contribution in [0.3, 0.4) is 0 Å². The lowest BCUT2D eigenvalue weighted by Crippen LogP contribution is -2.48. The molecule has 2 aromatic rings. The van der Waals surface area contributed by atoms with Crippen molar-refractivity contribution in [3.8, 4) is 0 Å². The minimum absolute atomic E-state index is 0.0291. The van der Waals surface area contributed by atoms with Crippen molar-refractivity contribution in [2.24, 2.45) is 18.9 Å². The molecule has 2 aliphatic rings. The Morgan fingerprint density at radius 2 is 1.90 bits per heavy atom. The molecule has 2 N–H and O–H groups in total. The number of carbonyl (C=O) groups is 2. The summed E-state index contributed by atoms with van der Waals surface area (Å²) in [5, 5.41) is 1.24. The molecule has 1 aromatic carbocycles. The normalized spacial score (nSPS) is 22.6. The standard InChI is InChI=1S/C23H33N5O2/c1-26(2)23(30)19-14-24-25-22(19)16-10-12-28(13-11-16)21(29)9-8-17-15-27(3)20-7-5-4-6-18(17)20/h4-7,15-16,19,22,24-25H,8-14H2,1-3H3. The van der Waals surface area contributed by atoms with Gasteiger partial charge in [-0.15, -0.1) is 0 Å². The number of para-hydroxylation sites is 1. The molecule has 162 valence electrons. The van der Waals surface area contributed by atoms with E-state index in [1.54, 1.807) is 4.90 Å². The van der Waals surface area contributed by atoms with Gasteiger partial charge >= 0.3 is 0 Å². The van der Waals surface area contributed by atoms with E-state index in [0.29, 0.717) is 18.9 Å². The number of hydrogen-bond donors (Lipinski definition) is 2. The average Bonchev–Trinajstić information content (AvgIpc) is 3.37. The molecule has 2 atom stereocenters. The summed E-state index contributed by atoms with van der Waals surface area (Å²) in [6, 6.07) is 8.50. The molecule has 0 saturated carbocycles. The molecule has 1 aromatic heterocycles. The van der Waals surface area contributed by atoms with E-state index in [1.807, 2.05) is 25.1 Å². The molecule has 0 bridgehead atoms. The lowest BCUT2D eigenvalue weighted by atomic mass is 9.82. The second-order valence-corrected chi connectivity index (χ2v) is 8.89. The van der Waals surface area contributed by atoms with Gasteiger partial charge < -0.3 is 14.4 Å². The number of piperidine rings is 1. The number of benzene rings is 1. The molecule has 2 aliphatic heterocycles. The highest BCUT2D eigenvalue weighted by atomic mass is 16.2. The first-order valence-electron chi connectivity index (χ1n) is 11.0. The van der Waals surface area contributed by atoms with Crippen molar-refractivity contribution >= 4 is 22.7 Å². The van der Waals surface area contributed by atoms with Crippen LogP contribution in [-0.4, -0.2) is 66.0 Å². The molecule has 7 heteroatoms. The van der Waals surface area contributed by atoms with Crippen molar-refractivity contribution in [2.45, 2.75) is 31.7 Å². The van der Waals surface area contributed by atoms with Crippen LogP contribution >= 0.6 is 0 Å². The maximum absolute atomic E-state index is 12.8. The van der Waals surface area contributed by atoms with E-state index < -0.39 is 0 Å². The quantitative estimate of drug-likeness (QED) is 0.783. The Morgan fingerprint density at radius 1 is 1.17 bits per heavy atom. The molecule has 7 nitrogen and oxygen atoms in total. The zero-order chi connectivity index (χ0) is 21.3. The number of likely N-dealkylation sites (tertiary alicyclic amines) is 1. The summed E-state index contributed by atoms with van der Waals surface area (Å²) in [5.41, 5.74) is 8.93. The van der Waals surface area contributed by atoms with Crippen molar-refractivity contribution < 1.29 is 9.59 Å². The predicted octanol–water partition coefficient (Wildman–Crippen LogP) is 1.53. The lowest BCUT2D eigenvalue weighted by Gasteiger charge is -2.36. The first-order chi connectivity index (χ1) is 14.5. The maximum Gasteiger partial charge on any atom is 0.228 e. The number of hydrazine groups is 1. The Balaban J connectivity index is 1.31. The predicted molar refractivity (Wildman–Crippen MR) is 118 cm³/mol. The molecule has 0 spiro atoms. The molecule has 2 amide bonds. The Labute approximate surface area is 178 Å². The summed E-state index contributed by atoms with van der Waals surface area (Å²) < 4.78 is 2.13. The molecule has 2 saturated heterocycles. The van der Waals surface area contributed by atoms with E-state index in [1.165, 1.54) is 16.5 Å². The van der Waals surface area contributed by atoms with E-state index in [-0.39, 0.29) is 23.8 Å². The first kappa shape index (κ1) is 20.9. The summed E-state index contributed by atoms with van der Waals surface area (Å²) in [6.07, 6.45) is 5.34. The van der Waals surface area contributed by atoms with Gasteiger partial charge in [0.15, 0.2) is 0 Å². The van der Waals surface area contributed by atoms with E-state index in [4.69, 9.17) is 0 Å². The molecule has 30 heavy (non-hydrogen) atoms. The fraction of sp³-hybridized carbons (Fsp3) is 0.565. The van der Waals surface area contributed by atoms with Gasteiger partial charge in [0.25, 0.3) is 0 Å². The third-order valence-corrected chi connectivity index (χ3v) is 6.77. The first-order valence-corrected chi connectivity index (χ1v) is 11.0. The number of aromatic nitrogens is 1. The van der Waals surface area contributed by atoms with Gasteiger partial charge in [0.05, 0.1) is 5.92 Å². The smallest absolute Gasteiger partial charge is 0.228 e. The van der Waals surface area contributed by atoms with Crippen LogP contribution in [0, 0.1) is 11.8 Å². The Kier molecular flexibility index (Phi) is 6.11. The Hall–Kier alpha value is -2.38. The third kappa shape index (κ3) is 4.09. The van der Waals surface area contributed by atoms with Crippen LogP contribution in [0.5, 0.6) is 0 Å². The van der Waals surface area contributed by atoms with Gasteiger partial charge in [-0.2, -0.15) is 0 Å². The number of hydrogen-bond acceptors (Lipinski definition) is 4. The minimum atomic E-state index is -0.0291. The maximum atomic E-state index is 12.8. The van der Waals surface area contributed by atoms with Crippen LogP contribution in [0.2, 0.25) is 0 Å². The zero-order valence-electron chi connectivity index (χ0n) is 18.2. The van der Waals surface area contributed by atoms with Crippen LogP contribution in [-0.2, 0) is 23.1 Å². The summed E-state index contributed by atoms with van der Waals surface area (Å²) in [4.78, 5) is 29.0. The van der Waals surface area contributed by atoms with Crippen molar-refractivity contribution in [1.82, 2.24) is 25.2 Å². The lowest BCUT2D eigenvalue weighted by molar-refractivity contribution is -0.135. The summed E-state index contributed by atoms with van der Waals surface area (Å²) in [5.74, 6) is 0.792. The highest BCUT2D eigenvalue weighted by Gasteiger charge is 2.40. The van der Waals surface area contributed by atoms with Gasteiger partial charge in [-0.1, -0.05) is 18.2 Å². The number of carbonyl (C=O) groups excluding carboxylic acids is 2. The topological polar surface area (TPSA) is 69.6 Å². The van der Waals surface area contributed by atoms with Crippen molar-refractivity contribution in [2.75, 3.05) is 33.7 Å². The van der Waals surface area contributed by atoms with Crippen molar-refractivity contribution in [3.05, 3.63) is 36.0 Å². The van der Waals surface area contributed by atoms with Crippen LogP contribution < -0.4 is 10.9 Å². The van der Waals surface area contributed by atoms with Gasteiger partial charge in [-0.3, -0.25) is 20.4 Å². The molecule has 3 heterocycles. The third-order valence-electron chi connectivity index (χ3n) is 6.77. The highest BCUT2D eigenvalue weighted by molar-refractivity contribution is 5.85. The number of amides is 2. The number of rotatable bonds is 5. The molecule has 0 aliphatic carbocycles. The van der Waals surface area contributed by atoms with Crippen molar-refractivity contribution in [3.63, 3.8) is 0 Å². The van der Waals surface area contributed by atoms with Crippen LogP contribution in [0.25, 0.3) is 10.9 Å². The zero-order valence-corrected chi connectivity index (χ0v) is 18.2. The Morgan fingerprint density at radius 3 is 2.63 bits per heavy atom. The largest absolute Gasteiger partial charge is 0.350 e. The van der Waals surface area contributed by atoms with Gasteiger partial charge in [0, 0.05) is 70.3 Å². The summed E-state index contributed by atoms with van der Waals surface area (Å²) >= 11 is 0. The van der Waals surface area contributed by atoms with Gasteiger partial charge in [0.2, 0.25) is 11.8 Å². The van der Waals surface area contributed by atoms with Gasteiger partial charge in [0.1, 0.15) is 0 Å². The molecule has 2 unspecified atom stereocenters. The van der Waals surface area contributed by atoms with Crippen LogP contribution in [0.1, 0.15) is 24.8 Å². The van der Waals surface area contributed by atoms with Crippen LogP contribution in [0.4, 0.5) is 0 Å². The van der Waals surface area contributed by atoms with Gasteiger partial charge in [-0.05, 0) is 36.8 Å².